The van der Waals surface area contributed by atoms with Crippen LogP contribution in [-0.4, -0.2) is 50.3 Å². The van der Waals surface area contributed by atoms with Crippen LogP contribution in [0.4, 0.5) is 0 Å². The van der Waals surface area contributed by atoms with Crippen LogP contribution in [0.2, 0.25) is 0 Å². The topological polar surface area (TPSA) is 24.5 Å². The molecule has 0 aromatic rings. The predicted octanol–water partition coefficient (Wildman–Crippen LogP) is 2.02. The van der Waals surface area contributed by atoms with Crippen LogP contribution in [0.1, 0.15) is 44.9 Å². The molecule has 0 spiro atoms. The van der Waals surface area contributed by atoms with Gasteiger partial charge < -0.3 is 15.0 Å². The standard InChI is InChI=1S/C14H28N2O/c1-17-14-8-4-10-16(12-14)11-5-9-15-13-6-2-3-7-13/h13-15H,2-12H2,1H3. The monoisotopic (exact) mass is 240 g/mol. The second kappa shape index (κ2) is 7.34. The Bertz CT molecular complexity index is 204. The van der Waals surface area contributed by atoms with E-state index in [1.165, 1.54) is 64.6 Å². The minimum absolute atomic E-state index is 0.478. The SMILES string of the molecule is COC1CCCN(CCCNC2CCCC2)C1. The van der Waals surface area contributed by atoms with Gasteiger partial charge >= 0.3 is 0 Å². The molecule has 2 fully saturated rings. The fourth-order valence-electron chi connectivity index (χ4n) is 3.15. The fraction of sp³-hybridized carbons (Fsp3) is 1.00. The lowest BCUT2D eigenvalue weighted by Crippen LogP contribution is -2.40. The van der Waals surface area contributed by atoms with E-state index in [0.717, 1.165) is 12.6 Å². The van der Waals surface area contributed by atoms with Crippen LogP contribution in [0.25, 0.3) is 0 Å². The lowest BCUT2D eigenvalue weighted by molar-refractivity contribution is 0.0311. The van der Waals surface area contributed by atoms with E-state index in [9.17, 15) is 0 Å². The summed E-state index contributed by atoms with van der Waals surface area (Å²) in [7, 11) is 1.84. The van der Waals surface area contributed by atoms with Crippen molar-refractivity contribution in [3.05, 3.63) is 0 Å². The van der Waals surface area contributed by atoms with Gasteiger partial charge in [0.2, 0.25) is 0 Å². The van der Waals surface area contributed by atoms with E-state index in [1.807, 2.05) is 7.11 Å². The average molecular weight is 240 g/mol. The highest BCUT2D eigenvalue weighted by Gasteiger charge is 2.19. The first kappa shape index (κ1) is 13.3. The van der Waals surface area contributed by atoms with Crippen LogP contribution in [0.5, 0.6) is 0 Å². The van der Waals surface area contributed by atoms with Crippen LogP contribution >= 0.6 is 0 Å². The summed E-state index contributed by atoms with van der Waals surface area (Å²) in [6.07, 6.45) is 9.96. The van der Waals surface area contributed by atoms with Gasteiger partial charge in [-0.05, 0) is 51.7 Å². The van der Waals surface area contributed by atoms with Gasteiger partial charge in [0, 0.05) is 19.7 Å². The summed E-state index contributed by atoms with van der Waals surface area (Å²) in [6.45, 7) is 4.83. The Morgan fingerprint density at radius 2 is 2.00 bits per heavy atom. The Balaban J connectivity index is 1.52. The lowest BCUT2D eigenvalue weighted by atomic mass is 10.1. The summed E-state index contributed by atoms with van der Waals surface area (Å²) in [5, 5.41) is 3.69. The van der Waals surface area contributed by atoms with E-state index in [4.69, 9.17) is 4.74 Å². The van der Waals surface area contributed by atoms with E-state index < -0.39 is 0 Å². The van der Waals surface area contributed by atoms with Crippen molar-refractivity contribution in [1.29, 1.82) is 0 Å². The molecule has 0 bridgehead atoms. The fourth-order valence-corrected chi connectivity index (χ4v) is 3.15. The maximum absolute atomic E-state index is 5.45. The van der Waals surface area contributed by atoms with E-state index in [1.54, 1.807) is 0 Å². The van der Waals surface area contributed by atoms with Crippen LogP contribution in [0.3, 0.4) is 0 Å². The summed E-state index contributed by atoms with van der Waals surface area (Å²) in [5.74, 6) is 0. The summed E-state index contributed by atoms with van der Waals surface area (Å²) < 4.78 is 5.45. The van der Waals surface area contributed by atoms with Gasteiger partial charge in [0.25, 0.3) is 0 Å². The van der Waals surface area contributed by atoms with Crippen LogP contribution in [0.15, 0.2) is 0 Å². The van der Waals surface area contributed by atoms with Gasteiger partial charge in [0.1, 0.15) is 0 Å². The van der Waals surface area contributed by atoms with Gasteiger partial charge in [-0.1, -0.05) is 12.8 Å². The molecule has 2 rings (SSSR count). The Kier molecular flexibility index (Phi) is 5.75. The largest absolute Gasteiger partial charge is 0.380 e. The first-order chi connectivity index (χ1) is 8.38. The molecule has 3 heteroatoms. The van der Waals surface area contributed by atoms with Crippen LogP contribution < -0.4 is 5.32 Å². The van der Waals surface area contributed by atoms with Crippen molar-refractivity contribution >= 4 is 0 Å². The van der Waals surface area contributed by atoms with Gasteiger partial charge in [-0.25, -0.2) is 0 Å². The lowest BCUT2D eigenvalue weighted by Gasteiger charge is -2.31. The molecule has 1 saturated heterocycles. The molecule has 1 heterocycles. The zero-order chi connectivity index (χ0) is 11.9. The molecule has 0 aromatic carbocycles. The number of likely N-dealkylation sites (tertiary alicyclic amines) is 1. The minimum Gasteiger partial charge on any atom is -0.380 e. The number of nitrogens with one attached hydrogen (secondary N) is 1. The summed E-state index contributed by atoms with van der Waals surface area (Å²) >= 11 is 0. The smallest absolute Gasteiger partial charge is 0.0698 e. The Labute approximate surface area is 106 Å². The molecular formula is C14H28N2O. The highest BCUT2D eigenvalue weighted by Crippen LogP contribution is 2.17. The van der Waals surface area contributed by atoms with E-state index in [2.05, 4.69) is 10.2 Å². The van der Waals surface area contributed by atoms with Crippen molar-refractivity contribution in [1.82, 2.24) is 10.2 Å². The molecule has 3 nitrogen and oxygen atoms in total. The molecular weight excluding hydrogens is 212 g/mol. The zero-order valence-electron chi connectivity index (χ0n) is 11.3. The Hall–Kier alpha value is -0.120. The van der Waals surface area contributed by atoms with Crippen LogP contribution in [0, 0.1) is 0 Å². The Morgan fingerprint density at radius 1 is 1.18 bits per heavy atom. The summed E-state index contributed by atoms with van der Waals surface area (Å²) in [5.41, 5.74) is 0. The first-order valence-electron chi connectivity index (χ1n) is 7.37. The van der Waals surface area contributed by atoms with Gasteiger partial charge in [-0.2, -0.15) is 0 Å². The maximum atomic E-state index is 5.45. The summed E-state index contributed by atoms with van der Waals surface area (Å²) in [4.78, 5) is 2.56. The third kappa shape index (κ3) is 4.57. The molecule has 17 heavy (non-hydrogen) atoms. The van der Waals surface area contributed by atoms with Crippen LogP contribution in [-0.2, 0) is 4.74 Å². The molecule has 1 atom stereocenters. The molecule has 1 unspecified atom stereocenters. The zero-order valence-corrected chi connectivity index (χ0v) is 11.3. The van der Waals surface area contributed by atoms with Gasteiger partial charge in [0.15, 0.2) is 0 Å². The highest BCUT2D eigenvalue weighted by atomic mass is 16.5. The van der Waals surface area contributed by atoms with Gasteiger partial charge in [-0.15, -0.1) is 0 Å². The quantitative estimate of drug-likeness (QED) is 0.719. The number of hydrogen-bond donors (Lipinski definition) is 1. The van der Waals surface area contributed by atoms with E-state index in [0.29, 0.717) is 6.10 Å². The van der Waals surface area contributed by atoms with Gasteiger partial charge in [0.05, 0.1) is 6.10 Å². The number of ether oxygens (including phenoxy) is 1. The van der Waals surface area contributed by atoms with Crippen molar-refractivity contribution in [2.24, 2.45) is 0 Å². The molecule has 2 aliphatic rings. The van der Waals surface area contributed by atoms with E-state index in [-0.39, 0.29) is 0 Å². The normalized spacial score (nSPS) is 27.7. The summed E-state index contributed by atoms with van der Waals surface area (Å²) in [6, 6.07) is 0.822. The third-order valence-electron chi connectivity index (χ3n) is 4.23. The molecule has 0 radical (unpaired) electrons. The number of nitrogens with zero attached hydrogens (tertiary/aromatic N) is 1. The van der Waals surface area contributed by atoms with Crippen molar-refractivity contribution in [2.75, 3.05) is 33.3 Å². The number of piperidine rings is 1. The third-order valence-corrected chi connectivity index (χ3v) is 4.23. The van der Waals surface area contributed by atoms with Gasteiger partial charge in [-0.3, -0.25) is 0 Å². The molecule has 1 N–H and O–H groups in total. The first-order valence-corrected chi connectivity index (χ1v) is 7.37. The molecule has 1 saturated carbocycles. The maximum Gasteiger partial charge on any atom is 0.0698 e. The predicted molar refractivity (Wildman–Crippen MR) is 71.3 cm³/mol. The molecule has 100 valence electrons. The number of rotatable bonds is 6. The average Bonchev–Trinajstić information content (AvgIpc) is 2.88. The molecule has 1 aliphatic carbocycles. The van der Waals surface area contributed by atoms with Crippen molar-refractivity contribution < 1.29 is 4.74 Å². The number of methoxy groups -OCH3 is 1. The van der Waals surface area contributed by atoms with E-state index >= 15 is 0 Å². The second-order valence-corrected chi connectivity index (χ2v) is 5.59. The highest BCUT2D eigenvalue weighted by molar-refractivity contribution is 4.75. The second-order valence-electron chi connectivity index (χ2n) is 5.59. The molecule has 1 aliphatic heterocycles. The molecule has 0 aromatic heterocycles. The molecule has 0 amide bonds. The number of hydrogen-bond acceptors (Lipinski definition) is 3. The van der Waals surface area contributed by atoms with Crippen molar-refractivity contribution in [3.63, 3.8) is 0 Å². The van der Waals surface area contributed by atoms with Crippen molar-refractivity contribution in [2.45, 2.75) is 57.1 Å². The van der Waals surface area contributed by atoms with Crippen molar-refractivity contribution in [3.8, 4) is 0 Å². The Morgan fingerprint density at radius 3 is 2.76 bits per heavy atom. The minimum atomic E-state index is 0.478.